The maximum Gasteiger partial charge on any atom is 0.0948 e. The summed E-state index contributed by atoms with van der Waals surface area (Å²) in [6.07, 6.45) is 0.795. The third-order valence-corrected chi connectivity index (χ3v) is 5.58. The van der Waals surface area contributed by atoms with Crippen LogP contribution in [0, 0.1) is 3.57 Å². The summed E-state index contributed by atoms with van der Waals surface area (Å²) in [7, 11) is 0. The van der Waals surface area contributed by atoms with Crippen molar-refractivity contribution < 1.29 is 0 Å². The number of benzene rings is 1. The van der Waals surface area contributed by atoms with Crippen LogP contribution in [0.5, 0.6) is 0 Å². The Morgan fingerprint density at radius 2 is 2.14 bits per heavy atom. The first-order valence-electron chi connectivity index (χ1n) is 6.67. The molecule has 1 unspecified atom stereocenters. The lowest BCUT2D eigenvalue weighted by Crippen LogP contribution is -2.30. The molecule has 1 atom stereocenters. The van der Waals surface area contributed by atoms with E-state index in [0.29, 0.717) is 0 Å². The topological polar surface area (TPSA) is 50.9 Å². The number of halogens is 2. The van der Waals surface area contributed by atoms with Crippen LogP contribution in [-0.4, -0.2) is 4.98 Å². The number of rotatable bonds is 4. The summed E-state index contributed by atoms with van der Waals surface area (Å²) >= 11 is 7.57. The molecular weight excluding hydrogens is 461 g/mol. The van der Waals surface area contributed by atoms with E-state index in [9.17, 15) is 0 Å². The van der Waals surface area contributed by atoms with Crippen molar-refractivity contribution in [2.24, 2.45) is 5.84 Å². The van der Waals surface area contributed by atoms with Crippen LogP contribution in [0.3, 0.4) is 0 Å². The van der Waals surface area contributed by atoms with Crippen molar-refractivity contribution >= 4 is 49.9 Å². The minimum Gasteiger partial charge on any atom is -0.271 e. The highest BCUT2D eigenvalue weighted by Gasteiger charge is 2.20. The van der Waals surface area contributed by atoms with Crippen molar-refractivity contribution in [1.82, 2.24) is 10.4 Å². The molecule has 0 radical (unpaired) electrons. The molecule has 3 nitrogen and oxygen atoms in total. The van der Waals surface area contributed by atoms with E-state index in [0.717, 1.165) is 21.6 Å². The van der Waals surface area contributed by atoms with Gasteiger partial charge in [0.05, 0.1) is 16.7 Å². The first kappa shape index (κ1) is 17.3. The minimum atomic E-state index is 0.0633. The van der Waals surface area contributed by atoms with Crippen LogP contribution in [0.15, 0.2) is 28.1 Å². The van der Waals surface area contributed by atoms with E-state index in [2.05, 4.69) is 82.2 Å². The summed E-state index contributed by atoms with van der Waals surface area (Å²) in [4.78, 5) is 4.76. The van der Waals surface area contributed by atoms with Crippen molar-refractivity contribution in [1.29, 1.82) is 0 Å². The zero-order valence-electron chi connectivity index (χ0n) is 12.3. The normalized spacial score (nSPS) is 13.4. The lowest BCUT2D eigenvalue weighted by atomic mass is 9.93. The first-order chi connectivity index (χ1) is 9.81. The molecule has 0 spiro atoms. The molecule has 114 valence electrons. The van der Waals surface area contributed by atoms with Gasteiger partial charge in [-0.1, -0.05) is 36.7 Å². The van der Waals surface area contributed by atoms with Crippen LogP contribution in [0.4, 0.5) is 0 Å². The van der Waals surface area contributed by atoms with E-state index in [1.807, 2.05) is 6.07 Å². The molecule has 21 heavy (non-hydrogen) atoms. The molecule has 0 bridgehead atoms. The average molecular weight is 480 g/mol. The van der Waals surface area contributed by atoms with E-state index in [-0.39, 0.29) is 11.5 Å². The highest BCUT2D eigenvalue weighted by molar-refractivity contribution is 14.1. The smallest absolute Gasteiger partial charge is 0.0948 e. The Labute approximate surface area is 152 Å². The van der Waals surface area contributed by atoms with Crippen LogP contribution in [0.1, 0.15) is 43.1 Å². The van der Waals surface area contributed by atoms with Gasteiger partial charge < -0.3 is 0 Å². The molecule has 1 aromatic heterocycles. The van der Waals surface area contributed by atoms with Gasteiger partial charge in [-0.15, -0.1) is 11.3 Å². The third kappa shape index (κ3) is 4.48. The summed E-state index contributed by atoms with van der Waals surface area (Å²) in [5.74, 6) is 5.77. The largest absolute Gasteiger partial charge is 0.271 e. The van der Waals surface area contributed by atoms with Crippen molar-refractivity contribution in [2.75, 3.05) is 0 Å². The molecule has 2 aromatic rings. The SMILES string of the molecule is CC(C)(C)c1csc(CC(NN)c2cc(Br)ccc2I)n1. The van der Waals surface area contributed by atoms with Gasteiger partial charge in [0.1, 0.15) is 0 Å². The monoisotopic (exact) mass is 479 g/mol. The maximum absolute atomic E-state index is 5.77. The fourth-order valence-electron chi connectivity index (χ4n) is 1.96. The molecule has 0 fully saturated rings. The van der Waals surface area contributed by atoms with Crippen molar-refractivity contribution in [3.05, 3.63) is 47.9 Å². The number of hydrogen-bond donors (Lipinski definition) is 2. The lowest BCUT2D eigenvalue weighted by Gasteiger charge is -2.17. The average Bonchev–Trinajstić information content (AvgIpc) is 2.87. The molecule has 0 amide bonds. The van der Waals surface area contributed by atoms with E-state index < -0.39 is 0 Å². The highest BCUT2D eigenvalue weighted by atomic mass is 127. The Balaban J connectivity index is 2.23. The van der Waals surface area contributed by atoms with Crippen molar-refractivity contribution in [3.63, 3.8) is 0 Å². The van der Waals surface area contributed by atoms with E-state index in [4.69, 9.17) is 10.8 Å². The second-order valence-electron chi connectivity index (χ2n) is 5.97. The van der Waals surface area contributed by atoms with Gasteiger partial charge in [0.2, 0.25) is 0 Å². The quantitative estimate of drug-likeness (QED) is 0.384. The van der Waals surface area contributed by atoms with Gasteiger partial charge in [-0.3, -0.25) is 11.3 Å². The van der Waals surface area contributed by atoms with E-state index in [1.165, 1.54) is 9.13 Å². The Kier molecular flexibility index (Phi) is 5.81. The fraction of sp³-hybridized carbons (Fsp3) is 0.400. The molecule has 0 aliphatic heterocycles. The van der Waals surface area contributed by atoms with Gasteiger partial charge in [-0.25, -0.2) is 4.98 Å². The van der Waals surface area contributed by atoms with Gasteiger partial charge in [-0.2, -0.15) is 0 Å². The standard InChI is InChI=1S/C15H19BrIN3S/c1-15(2,3)13-8-21-14(19-13)7-12(20-18)10-6-9(16)4-5-11(10)17/h4-6,8,12,20H,7,18H2,1-3H3. The molecule has 2 rings (SSSR count). The fourth-order valence-corrected chi connectivity index (χ4v) is 4.12. The van der Waals surface area contributed by atoms with Gasteiger partial charge in [0, 0.05) is 25.3 Å². The maximum atomic E-state index is 5.77. The molecule has 1 aromatic carbocycles. The number of aromatic nitrogens is 1. The van der Waals surface area contributed by atoms with E-state index in [1.54, 1.807) is 11.3 Å². The molecule has 0 aliphatic carbocycles. The first-order valence-corrected chi connectivity index (χ1v) is 9.42. The van der Waals surface area contributed by atoms with Gasteiger partial charge in [0.25, 0.3) is 0 Å². The van der Waals surface area contributed by atoms with Crippen LogP contribution < -0.4 is 11.3 Å². The summed E-state index contributed by atoms with van der Waals surface area (Å²) in [6, 6.07) is 6.31. The third-order valence-electron chi connectivity index (χ3n) is 3.23. The van der Waals surface area contributed by atoms with Gasteiger partial charge >= 0.3 is 0 Å². The van der Waals surface area contributed by atoms with Gasteiger partial charge in [-0.05, 0) is 46.4 Å². The predicted molar refractivity (Wildman–Crippen MR) is 101 cm³/mol. The number of nitrogens with zero attached hydrogens (tertiary/aromatic N) is 1. The number of nitrogens with two attached hydrogens (primary N) is 1. The molecule has 0 saturated carbocycles. The zero-order chi connectivity index (χ0) is 15.6. The molecule has 1 heterocycles. The summed E-state index contributed by atoms with van der Waals surface area (Å²) in [5, 5.41) is 3.26. The Morgan fingerprint density at radius 3 is 2.71 bits per heavy atom. The summed E-state index contributed by atoms with van der Waals surface area (Å²) in [5.41, 5.74) is 5.35. The molecule has 3 N–H and O–H groups in total. The van der Waals surface area contributed by atoms with Crippen molar-refractivity contribution in [2.45, 2.75) is 38.6 Å². The second-order valence-corrected chi connectivity index (χ2v) is 8.99. The Morgan fingerprint density at radius 1 is 1.43 bits per heavy atom. The minimum absolute atomic E-state index is 0.0633. The van der Waals surface area contributed by atoms with Crippen LogP contribution in [-0.2, 0) is 11.8 Å². The summed E-state index contributed by atoms with van der Waals surface area (Å²) < 4.78 is 2.26. The number of hydrazine groups is 1. The number of nitrogens with one attached hydrogen (secondary N) is 1. The second kappa shape index (κ2) is 7.04. The summed E-state index contributed by atoms with van der Waals surface area (Å²) in [6.45, 7) is 6.55. The molecular formula is C15H19BrIN3S. The van der Waals surface area contributed by atoms with E-state index >= 15 is 0 Å². The zero-order valence-corrected chi connectivity index (χ0v) is 16.8. The number of thiazole rings is 1. The number of hydrogen-bond acceptors (Lipinski definition) is 4. The Hall–Kier alpha value is -0.0200. The van der Waals surface area contributed by atoms with Crippen LogP contribution in [0.25, 0.3) is 0 Å². The molecule has 6 heteroatoms. The van der Waals surface area contributed by atoms with Crippen molar-refractivity contribution in [3.8, 4) is 0 Å². The molecule has 0 aliphatic rings. The predicted octanol–water partition coefficient (Wildman–Crippen LogP) is 4.55. The highest BCUT2D eigenvalue weighted by Crippen LogP contribution is 2.29. The molecule has 0 saturated heterocycles. The van der Waals surface area contributed by atoms with Crippen LogP contribution >= 0.6 is 49.9 Å². The van der Waals surface area contributed by atoms with Crippen LogP contribution in [0.2, 0.25) is 0 Å². The lowest BCUT2D eigenvalue weighted by molar-refractivity contribution is 0.539. The Bertz CT molecular complexity index is 622. The van der Waals surface area contributed by atoms with Gasteiger partial charge in [0.15, 0.2) is 0 Å².